The Morgan fingerprint density at radius 3 is 2.47 bits per heavy atom. The standard InChI is InChI=1S/C31H34N2O5/c1-21(2)20-38-25-11-6-10-23(18-25)29(34)27-28(26-12-7-17-37-26)33(31(36)30(27)35)24-13-15-32(16-14-24)19-22-8-4-3-5-9-22/h3-12,17-18,21,24,28,34H,13-16,19-20H2,1-2H3/b29-27-. The van der Waals surface area contributed by atoms with Crippen molar-refractivity contribution < 1.29 is 23.8 Å². The highest BCUT2D eigenvalue weighted by Gasteiger charge is 2.50. The van der Waals surface area contributed by atoms with Crippen LogP contribution in [0.25, 0.3) is 5.76 Å². The van der Waals surface area contributed by atoms with Gasteiger partial charge < -0.3 is 19.2 Å². The summed E-state index contributed by atoms with van der Waals surface area (Å²) >= 11 is 0. The Morgan fingerprint density at radius 1 is 1.03 bits per heavy atom. The molecule has 2 fully saturated rings. The fraction of sp³-hybridized carbons (Fsp3) is 0.355. The average molecular weight is 515 g/mol. The molecule has 0 aliphatic carbocycles. The van der Waals surface area contributed by atoms with Gasteiger partial charge in [0.15, 0.2) is 0 Å². The lowest BCUT2D eigenvalue weighted by molar-refractivity contribution is -0.142. The van der Waals surface area contributed by atoms with Crippen LogP contribution in [-0.4, -0.2) is 52.3 Å². The van der Waals surface area contributed by atoms with Gasteiger partial charge in [-0.1, -0.05) is 56.3 Å². The smallest absolute Gasteiger partial charge is 0.296 e. The van der Waals surface area contributed by atoms with Crippen molar-refractivity contribution in [1.29, 1.82) is 0 Å². The largest absolute Gasteiger partial charge is 0.507 e. The van der Waals surface area contributed by atoms with E-state index < -0.39 is 17.7 Å². The van der Waals surface area contributed by atoms with E-state index in [1.165, 1.54) is 11.8 Å². The molecule has 2 saturated heterocycles. The predicted molar refractivity (Wildman–Crippen MR) is 144 cm³/mol. The first-order chi connectivity index (χ1) is 18.4. The van der Waals surface area contributed by atoms with E-state index in [-0.39, 0.29) is 17.4 Å². The van der Waals surface area contributed by atoms with Crippen molar-refractivity contribution in [3.63, 3.8) is 0 Å². The number of hydrogen-bond donors (Lipinski definition) is 1. The van der Waals surface area contributed by atoms with Crippen LogP contribution < -0.4 is 4.74 Å². The van der Waals surface area contributed by atoms with Crippen LogP contribution in [-0.2, 0) is 16.1 Å². The van der Waals surface area contributed by atoms with Crippen LogP contribution in [0.4, 0.5) is 0 Å². The van der Waals surface area contributed by atoms with E-state index >= 15 is 0 Å². The van der Waals surface area contributed by atoms with Gasteiger partial charge in [-0.25, -0.2) is 0 Å². The highest BCUT2D eigenvalue weighted by atomic mass is 16.5. The number of rotatable bonds is 8. The van der Waals surface area contributed by atoms with Gasteiger partial charge >= 0.3 is 0 Å². The Bertz CT molecular complexity index is 1290. The summed E-state index contributed by atoms with van der Waals surface area (Å²) in [5.74, 6) is -0.104. The number of Topliss-reactive ketones (excluding diaryl/α,β-unsaturated/α-hetero) is 1. The zero-order chi connectivity index (χ0) is 26.6. The third kappa shape index (κ3) is 5.38. The highest BCUT2D eigenvalue weighted by molar-refractivity contribution is 6.46. The number of ether oxygens (including phenoxy) is 1. The molecular weight excluding hydrogens is 480 g/mol. The van der Waals surface area contributed by atoms with E-state index in [1.807, 2.05) is 24.3 Å². The molecule has 3 aromatic rings. The van der Waals surface area contributed by atoms with Crippen LogP contribution >= 0.6 is 0 Å². The fourth-order valence-corrected chi connectivity index (χ4v) is 5.30. The monoisotopic (exact) mass is 514 g/mol. The van der Waals surface area contributed by atoms with Crippen molar-refractivity contribution in [3.05, 3.63) is 95.5 Å². The van der Waals surface area contributed by atoms with Gasteiger partial charge in [-0.15, -0.1) is 0 Å². The number of benzene rings is 2. The van der Waals surface area contributed by atoms with Crippen LogP contribution in [0.15, 0.2) is 83.0 Å². The number of carbonyl (C=O) groups is 2. The van der Waals surface area contributed by atoms with Gasteiger partial charge in [0.1, 0.15) is 23.3 Å². The Hall–Kier alpha value is -3.84. The Morgan fingerprint density at radius 2 is 1.79 bits per heavy atom. The molecule has 38 heavy (non-hydrogen) atoms. The number of likely N-dealkylation sites (tertiary alicyclic amines) is 2. The van der Waals surface area contributed by atoms with Gasteiger partial charge in [0, 0.05) is 31.2 Å². The molecule has 1 aromatic heterocycles. The second kappa shape index (κ2) is 11.3. The summed E-state index contributed by atoms with van der Waals surface area (Å²) in [5.41, 5.74) is 1.73. The Labute approximate surface area is 223 Å². The van der Waals surface area contributed by atoms with Gasteiger partial charge in [-0.2, -0.15) is 0 Å². The van der Waals surface area contributed by atoms with Crippen LogP contribution in [0.1, 0.15) is 49.6 Å². The molecule has 0 spiro atoms. The fourth-order valence-electron chi connectivity index (χ4n) is 5.30. The molecule has 1 amide bonds. The minimum atomic E-state index is -0.782. The quantitative estimate of drug-likeness (QED) is 0.246. The normalized spacial score (nSPS) is 20.4. The van der Waals surface area contributed by atoms with E-state index in [4.69, 9.17) is 9.15 Å². The van der Waals surface area contributed by atoms with Crippen molar-refractivity contribution in [2.45, 2.75) is 45.3 Å². The molecule has 0 bridgehead atoms. The number of hydrogen-bond acceptors (Lipinski definition) is 6. The van der Waals surface area contributed by atoms with Crippen molar-refractivity contribution in [2.24, 2.45) is 5.92 Å². The SMILES string of the molecule is CC(C)COc1cccc(/C(O)=C2/C(=O)C(=O)N(C3CCN(Cc4ccccc4)CC3)C2c2ccco2)c1. The van der Waals surface area contributed by atoms with Crippen LogP contribution in [0.3, 0.4) is 0 Å². The minimum Gasteiger partial charge on any atom is -0.507 e. The lowest BCUT2D eigenvalue weighted by Crippen LogP contribution is -2.46. The summed E-state index contributed by atoms with van der Waals surface area (Å²) in [6.45, 7) is 7.11. The zero-order valence-corrected chi connectivity index (χ0v) is 21.9. The first kappa shape index (κ1) is 25.8. The number of aliphatic hydroxyl groups excluding tert-OH is 1. The van der Waals surface area contributed by atoms with Gasteiger partial charge in [-0.05, 0) is 48.6 Å². The molecule has 1 N–H and O–H groups in total. The molecule has 2 aliphatic rings. The average Bonchev–Trinajstić information content (AvgIpc) is 3.55. The van der Waals surface area contributed by atoms with Crippen LogP contribution in [0.2, 0.25) is 0 Å². The third-order valence-corrected chi connectivity index (χ3v) is 7.18. The Balaban J connectivity index is 1.42. The van der Waals surface area contributed by atoms with Gasteiger partial charge in [0.2, 0.25) is 0 Å². The number of aliphatic hydroxyl groups is 1. The maximum Gasteiger partial charge on any atom is 0.296 e. The molecule has 198 valence electrons. The van der Waals surface area contributed by atoms with Crippen molar-refractivity contribution in [2.75, 3.05) is 19.7 Å². The van der Waals surface area contributed by atoms with Crippen molar-refractivity contribution in [3.8, 4) is 5.75 Å². The lowest BCUT2D eigenvalue weighted by atomic mass is 9.97. The first-order valence-electron chi connectivity index (χ1n) is 13.3. The molecule has 7 heteroatoms. The molecule has 1 unspecified atom stereocenters. The molecule has 0 saturated carbocycles. The van der Waals surface area contributed by atoms with Crippen LogP contribution in [0, 0.1) is 5.92 Å². The van der Waals surface area contributed by atoms with Gasteiger partial charge in [-0.3, -0.25) is 14.5 Å². The van der Waals surface area contributed by atoms with Crippen molar-refractivity contribution >= 4 is 17.4 Å². The third-order valence-electron chi connectivity index (χ3n) is 7.18. The molecular formula is C31H34N2O5. The number of nitrogens with zero attached hydrogens (tertiary/aromatic N) is 2. The molecule has 2 aliphatic heterocycles. The first-order valence-corrected chi connectivity index (χ1v) is 13.3. The second-order valence-corrected chi connectivity index (χ2v) is 10.4. The number of piperidine rings is 1. The van der Waals surface area contributed by atoms with E-state index in [0.717, 1.165) is 32.5 Å². The zero-order valence-electron chi connectivity index (χ0n) is 21.9. The maximum atomic E-state index is 13.4. The molecule has 1 atom stereocenters. The number of carbonyl (C=O) groups excluding carboxylic acids is 2. The molecule has 7 nitrogen and oxygen atoms in total. The summed E-state index contributed by atoms with van der Waals surface area (Å²) in [6.07, 6.45) is 2.99. The highest BCUT2D eigenvalue weighted by Crippen LogP contribution is 2.42. The number of ketones is 1. The maximum absolute atomic E-state index is 13.4. The summed E-state index contributed by atoms with van der Waals surface area (Å²) < 4.78 is 11.5. The van der Waals surface area contributed by atoms with E-state index in [2.05, 4.69) is 30.9 Å². The number of amides is 1. The summed E-state index contributed by atoms with van der Waals surface area (Å²) in [7, 11) is 0. The van der Waals surface area contributed by atoms with Crippen LogP contribution in [0.5, 0.6) is 5.75 Å². The molecule has 2 aromatic carbocycles. The van der Waals surface area contributed by atoms with E-state index in [1.54, 1.807) is 35.2 Å². The number of furan rings is 1. The minimum absolute atomic E-state index is 0.0534. The summed E-state index contributed by atoms with van der Waals surface area (Å²) in [6, 6.07) is 19.9. The lowest BCUT2D eigenvalue weighted by Gasteiger charge is -2.38. The summed E-state index contributed by atoms with van der Waals surface area (Å²) in [4.78, 5) is 30.8. The van der Waals surface area contributed by atoms with E-state index in [9.17, 15) is 14.7 Å². The Kier molecular flexibility index (Phi) is 7.65. The molecule has 3 heterocycles. The topological polar surface area (TPSA) is 83.2 Å². The van der Waals surface area contributed by atoms with Crippen molar-refractivity contribution in [1.82, 2.24) is 9.80 Å². The molecule has 0 radical (unpaired) electrons. The molecule has 5 rings (SSSR count). The van der Waals surface area contributed by atoms with E-state index in [0.29, 0.717) is 29.6 Å². The summed E-state index contributed by atoms with van der Waals surface area (Å²) in [5, 5.41) is 11.4. The van der Waals surface area contributed by atoms with Gasteiger partial charge in [0.05, 0.1) is 18.4 Å². The predicted octanol–water partition coefficient (Wildman–Crippen LogP) is 5.40. The van der Waals surface area contributed by atoms with Gasteiger partial charge in [0.25, 0.3) is 11.7 Å². The second-order valence-electron chi connectivity index (χ2n) is 10.4.